The molecule has 1 saturated heterocycles. The summed E-state index contributed by atoms with van der Waals surface area (Å²) in [7, 11) is 0. The molecule has 1 unspecified atom stereocenters. The summed E-state index contributed by atoms with van der Waals surface area (Å²) in [5.41, 5.74) is 1.59. The van der Waals surface area contributed by atoms with Gasteiger partial charge in [0.05, 0.1) is 5.69 Å². The third-order valence-electron chi connectivity index (χ3n) is 3.78. The first-order valence-electron chi connectivity index (χ1n) is 6.90. The Kier molecular flexibility index (Phi) is 4.28. The summed E-state index contributed by atoms with van der Waals surface area (Å²) in [5.74, 6) is 0.790. The molecule has 0 saturated carbocycles. The standard InChI is InChI=1S/C14H25N3S/c1-5-15-8-12-10-18-13(16-12)17-7-6-11(9-17)14(2,3)4/h10-11,15H,5-9H2,1-4H3. The molecule has 4 heteroatoms. The van der Waals surface area contributed by atoms with Crippen LogP contribution in [0.2, 0.25) is 0 Å². The molecule has 0 aromatic carbocycles. The van der Waals surface area contributed by atoms with E-state index in [9.17, 15) is 0 Å². The first kappa shape index (κ1) is 13.8. The van der Waals surface area contributed by atoms with E-state index in [2.05, 4.69) is 43.3 Å². The van der Waals surface area contributed by atoms with Crippen LogP contribution in [0, 0.1) is 11.3 Å². The van der Waals surface area contributed by atoms with Gasteiger partial charge in [-0.3, -0.25) is 0 Å². The fraction of sp³-hybridized carbons (Fsp3) is 0.786. The molecule has 1 aromatic heterocycles. The van der Waals surface area contributed by atoms with Gasteiger partial charge in [-0.15, -0.1) is 11.3 Å². The zero-order valence-corrected chi connectivity index (χ0v) is 12.8. The number of aromatic nitrogens is 1. The first-order chi connectivity index (χ1) is 8.50. The fourth-order valence-corrected chi connectivity index (χ4v) is 3.28. The van der Waals surface area contributed by atoms with Crippen molar-refractivity contribution in [2.24, 2.45) is 11.3 Å². The van der Waals surface area contributed by atoms with E-state index >= 15 is 0 Å². The summed E-state index contributed by atoms with van der Waals surface area (Å²) in [6.07, 6.45) is 1.30. The van der Waals surface area contributed by atoms with Gasteiger partial charge >= 0.3 is 0 Å². The van der Waals surface area contributed by atoms with E-state index in [-0.39, 0.29) is 0 Å². The quantitative estimate of drug-likeness (QED) is 0.908. The van der Waals surface area contributed by atoms with E-state index in [0.717, 1.165) is 32.1 Å². The van der Waals surface area contributed by atoms with Crippen LogP contribution in [0.15, 0.2) is 5.38 Å². The number of rotatable bonds is 4. The predicted octanol–water partition coefficient (Wildman–Crippen LogP) is 3.13. The van der Waals surface area contributed by atoms with Crippen LogP contribution >= 0.6 is 11.3 Å². The Morgan fingerprint density at radius 2 is 2.28 bits per heavy atom. The molecular weight excluding hydrogens is 242 g/mol. The molecule has 18 heavy (non-hydrogen) atoms. The summed E-state index contributed by atoms with van der Waals surface area (Å²) in [6.45, 7) is 13.4. The van der Waals surface area contributed by atoms with E-state index in [4.69, 9.17) is 4.98 Å². The maximum Gasteiger partial charge on any atom is 0.185 e. The van der Waals surface area contributed by atoms with Crippen LogP contribution in [0.5, 0.6) is 0 Å². The largest absolute Gasteiger partial charge is 0.348 e. The summed E-state index contributed by atoms with van der Waals surface area (Å²) in [5, 5.41) is 6.71. The Bertz CT molecular complexity index is 381. The van der Waals surface area contributed by atoms with E-state index in [0.29, 0.717) is 5.41 Å². The molecule has 1 atom stereocenters. The Morgan fingerprint density at radius 3 is 2.89 bits per heavy atom. The highest BCUT2D eigenvalue weighted by Gasteiger charge is 2.32. The average Bonchev–Trinajstić information content (AvgIpc) is 2.93. The molecule has 0 aliphatic carbocycles. The second-order valence-corrected chi connectivity index (χ2v) is 7.04. The smallest absolute Gasteiger partial charge is 0.185 e. The molecular formula is C14H25N3S. The number of nitrogens with one attached hydrogen (secondary N) is 1. The minimum absolute atomic E-state index is 0.415. The minimum Gasteiger partial charge on any atom is -0.348 e. The van der Waals surface area contributed by atoms with Crippen LogP contribution in [0.4, 0.5) is 5.13 Å². The van der Waals surface area contributed by atoms with E-state index < -0.39 is 0 Å². The maximum absolute atomic E-state index is 4.73. The van der Waals surface area contributed by atoms with Crippen LogP contribution < -0.4 is 10.2 Å². The van der Waals surface area contributed by atoms with E-state index in [1.807, 2.05) is 0 Å². The summed E-state index contributed by atoms with van der Waals surface area (Å²) in [6, 6.07) is 0. The molecule has 102 valence electrons. The van der Waals surface area contributed by atoms with Crippen molar-refractivity contribution in [1.82, 2.24) is 10.3 Å². The highest BCUT2D eigenvalue weighted by molar-refractivity contribution is 7.13. The van der Waals surface area contributed by atoms with Gasteiger partial charge < -0.3 is 10.2 Å². The van der Waals surface area contributed by atoms with Gasteiger partial charge in [-0.25, -0.2) is 4.98 Å². The molecule has 1 N–H and O–H groups in total. The van der Waals surface area contributed by atoms with Crippen molar-refractivity contribution in [2.45, 2.75) is 40.7 Å². The number of nitrogens with zero attached hydrogens (tertiary/aromatic N) is 2. The summed E-state index contributed by atoms with van der Waals surface area (Å²) >= 11 is 1.78. The Hall–Kier alpha value is -0.610. The number of hydrogen-bond donors (Lipinski definition) is 1. The van der Waals surface area contributed by atoms with Crippen LogP contribution in [-0.4, -0.2) is 24.6 Å². The SMILES string of the molecule is CCNCc1csc(N2CCC(C(C)(C)C)C2)n1. The molecule has 3 nitrogen and oxygen atoms in total. The Labute approximate surface area is 115 Å². The third kappa shape index (κ3) is 3.23. The molecule has 1 aliphatic rings. The third-order valence-corrected chi connectivity index (χ3v) is 4.73. The summed E-state index contributed by atoms with van der Waals surface area (Å²) in [4.78, 5) is 7.18. The molecule has 2 heterocycles. The first-order valence-corrected chi connectivity index (χ1v) is 7.78. The van der Waals surface area contributed by atoms with Crippen LogP contribution in [0.3, 0.4) is 0 Å². The van der Waals surface area contributed by atoms with Crippen molar-refractivity contribution in [3.63, 3.8) is 0 Å². The molecule has 0 radical (unpaired) electrons. The van der Waals surface area contributed by atoms with Crippen molar-refractivity contribution in [2.75, 3.05) is 24.5 Å². The second-order valence-electron chi connectivity index (χ2n) is 6.20. The number of thiazole rings is 1. The lowest BCUT2D eigenvalue weighted by atomic mass is 9.80. The highest BCUT2D eigenvalue weighted by atomic mass is 32.1. The van der Waals surface area contributed by atoms with Crippen molar-refractivity contribution < 1.29 is 0 Å². The second kappa shape index (κ2) is 5.57. The number of anilines is 1. The van der Waals surface area contributed by atoms with Crippen LogP contribution in [0.1, 0.15) is 39.8 Å². The molecule has 0 spiro atoms. The van der Waals surface area contributed by atoms with Gasteiger partial charge in [-0.05, 0) is 24.3 Å². The number of hydrogen-bond acceptors (Lipinski definition) is 4. The highest BCUT2D eigenvalue weighted by Crippen LogP contribution is 2.36. The average molecular weight is 267 g/mol. The van der Waals surface area contributed by atoms with Crippen LogP contribution in [0.25, 0.3) is 0 Å². The van der Waals surface area contributed by atoms with Gasteiger partial charge in [0.2, 0.25) is 0 Å². The maximum atomic E-state index is 4.73. The topological polar surface area (TPSA) is 28.2 Å². The fourth-order valence-electron chi connectivity index (χ4n) is 2.42. The lowest BCUT2D eigenvalue weighted by molar-refractivity contribution is 0.263. The monoisotopic (exact) mass is 267 g/mol. The minimum atomic E-state index is 0.415. The molecule has 1 aromatic rings. The van der Waals surface area contributed by atoms with E-state index in [1.165, 1.54) is 17.2 Å². The molecule has 0 bridgehead atoms. The van der Waals surface area contributed by atoms with Gasteiger partial charge in [0.1, 0.15) is 0 Å². The zero-order chi connectivity index (χ0) is 13.2. The molecule has 0 amide bonds. The van der Waals surface area contributed by atoms with Crippen molar-refractivity contribution >= 4 is 16.5 Å². The Morgan fingerprint density at radius 1 is 1.50 bits per heavy atom. The van der Waals surface area contributed by atoms with E-state index in [1.54, 1.807) is 11.3 Å². The van der Waals surface area contributed by atoms with Crippen LogP contribution in [-0.2, 0) is 6.54 Å². The van der Waals surface area contributed by atoms with Crippen molar-refractivity contribution in [1.29, 1.82) is 0 Å². The van der Waals surface area contributed by atoms with Gasteiger partial charge in [-0.1, -0.05) is 27.7 Å². The lowest BCUT2D eigenvalue weighted by Crippen LogP contribution is -2.25. The van der Waals surface area contributed by atoms with Gasteiger partial charge in [0.25, 0.3) is 0 Å². The van der Waals surface area contributed by atoms with Gasteiger partial charge in [-0.2, -0.15) is 0 Å². The van der Waals surface area contributed by atoms with Crippen molar-refractivity contribution in [3.8, 4) is 0 Å². The van der Waals surface area contributed by atoms with Crippen molar-refractivity contribution in [3.05, 3.63) is 11.1 Å². The molecule has 1 aliphatic heterocycles. The normalized spacial score (nSPS) is 20.7. The predicted molar refractivity (Wildman–Crippen MR) is 79.3 cm³/mol. The molecule has 1 fully saturated rings. The lowest BCUT2D eigenvalue weighted by Gasteiger charge is -2.26. The summed E-state index contributed by atoms with van der Waals surface area (Å²) < 4.78 is 0. The zero-order valence-electron chi connectivity index (χ0n) is 12.0. The Balaban J connectivity index is 1.95. The van der Waals surface area contributed by atoms with Gasteiger partial charge in [0.15, 0.2) is 5.13 Å². The molecule has 2 rings (SSSR count). The van der Waals surface area contributed by atoms with Gasteiger partial charge in [0, 0.05) is 25.0 Å².